The summed E-state index contributed by atoms with van der Waals surface area (Å²) in [5.41, 5.74) is 3.76. The molecule has 34 heavy (non-hydrogen) atoms. The second kappa shape index (κ2) is 11.5. The Morgan fingerprint density at radius 1 is 1.03 bits per heavy atom. The van der Waals surface area contributed by atoms with Gasteiger partial charge in [0.2, 0.25) is 0 Å². The first-order chi connectivity index (χ1) is 16.7. The van der Waals surface area contributed by atoms with Crippen LogP contribution in [-0.4, -0.2) is 27.0 Å². The number of pyridine rings is 1. The molecule has 0 bridgehead atoms. The lowest BCUT2D eigenvalue weighted by molar-refractivity contribution is 0.0944. The van der Waals surface area contributed by atoms with Gasteiger partial charge in [-0.25, -0.2) is 4.98 Å². The molecule has 4 aromatic rings. The maximum Gasteiger partial charge on any atom is 0.270 e. The number of unbranched alkanes of at least 4 members (excludes halogenated alkanes) is 1. The van der Waals surface area contributed by atoms with Crippen molar-refractivity contribution in [2.75, 3.05) is 6.61 Å². The van der Waals surface area contributed by atoms with Crippen LogP contribution in [0.15, 0.2) is 72.9 Å². The van der Waals surface area contributed by atoms with Gasteiger partial charge in [-0.1, -0.05) is 44.2 Å². The van der Waals surface area contributed by atoms with Crippen LogP contribution in [0.5, 0.6) is 5.75 Å². The topological polar surface area (TPSA) is 69.0 Å². The summed E-state index contributed by atoms with van der Waals surface area (Å²) in [7, 11) is 0. The van der Waals surface area contributed by atoms with Crippen molar-refractivity contribution < 1.29 is 9.53 Å². The number of nitrogens with one attached hydrogen (secondary N) is 1. The largest absolute Gasteiger partial charge is 0.494 e. The number of hydrogen-bond acceptors (Lipinski definition) is 4. The highest BCUT2D eigenvalue weighted by atomic mass is 16.5. The minimum absolute atomic E-state index is 0.202. The van der Waals surface area contributed by atoms with Crippen molar-refractivity contribution in [2.24, 2.45) is 0 Å². The Kier molecular flexibility index (Phi) is 7.91. The number of rotatable bonds is 11. The van der Waals surface area contributed by atoms with Crippen LogP contribution in [0.4, 0.5) is 0 Å². The minimum atomic E-state index is -0.202. The van der Waals surface area contributed by atoms with E-state index in [0.717, 1.165) is 48.4 Å². The maximum absolute atomic E-state index is 12.4. The van der Waals surface area contributed by atoms with E-state index in [4.69, 9.17) is 9.72 Å². The van der Waals surface area contributed by atoms with Crippen LogP contribution in [-0.2, 0) is 13.1 Å². The summed E-state index contributed by atoms with van der Waals surface area (Å²) in [6.45, 7) is 6.28. The van der Waals surface area contributed by atoms with Crippen molar-refractivity contribution in [2.45, 2.75) is 52.1 Å². The number of para-hydroxylation sites is 2. The molecule has 1 N–H and O–H groups in total. The fourth-order valence-electron chi connectivity index (χ4n) is 3.95. The fraction of sp³-hybridized carbons (Fsp3) is 0.321. The average Bonchev–Trinajstić information content (AvgIpc) is 3.25. The van der Waals surface area contributed by atoms with E-state index in [-0.39, 0.29) is 5.91 Å². The van der Waals surface area contributed by atoms with Gasteiger partial charge in [0.1, 0.15) is 17.3 Å². The molecule has 1 atom stereocenters. The van der Waals surface area contributed by atoms with E-state index in [2.05, 4.69) is 59.0 Å². The van der Waals surface area contributed by atoms with Gasteiger partial charge in [-0.3, -0.25) is 9.78 Å². The zero-order chi connectivity index (χ0) is 23.8. The summed E-state index contributed by atoms with van der Waals surface area (Å²) in [6.07, 6.45) is 4.64. The normalized spacial score (nSPS) is 11.9. The lowest BCUT2D eigenvalue weighted by Gasteiger charge is -2.12. The molecule has 0 radical (unpaired) electrons. The summed E-state index contributed by atoms with van der Waals surface area (Å²) in [4.78, 5) is 21.3. The van der Waals surface area contributed by atoms with Crippen molar-refractivity contribution in [3.8, 4) is 5.75 Å². The van der Waals surface area contributed by atoms with Gasteiger partial charge in [-0.05, 0) is 67.1 Å². The maximum atomic E-state index is 12.4. The molecular formula is C28H32N4O2. The molecule has 0 spiro atoms. The molecule has 176 valence electrons. The van der Waals surface area contributed by atoms with E-state index in [1.807, 2.05) is 18.2 Å². The number of amides is 1. The van der Waals surface area contributed by atoms with E-state index in [0.29, 0.717) is 24.8 Å². The summed E-state index contributed by atoms with van der Waals surface area (Å²) in [5, 5.41) is 2.95. The number of carbonyl (C=O) groups excluding carboxylic acids is 1. The number of hydrogen-bond donors (Lipinski definition) is 1. The molecule has 0 saturated carbocycles. The van der Waals surface area contributed by atoms with Crippen LogP contribution >= 0.6 is 0 Å². The number of aromatic nitrogens is 3. The van der Waals surface area contributed by atoms with Gasteiger partial charge in [-0.2, -0.15) is 0 Å². The zero-order valence-corrected chi connectivity index (χ0v) is 19.9. The first kappa shape index (κ1) is 23.5. The summed E-state index contributed by atoms with van der Waals surface area (Å²) >= 11 is 0. The highest BCUT2D eigenvalue weighted by Crippen LogP contribution is 2.22. The van der Waals surface area contributed by atoms with Crippen LogP contribution in [0.25, 0.3) is 11.0 Å². The molecular weight excluding hydrogens is 424 g/mol. The van der Waals surface area contributed by atoms with Crippen molar-refractivity contribution in [3.05, 3.63) is 90.0 Å². The molecule has 0 saturated heterocycles. The summed E-state index contributed by atoms with van der Waals surface area (Å²) in [6, 6.07) is 21.8. The van der Waals surface area contributed by atoms with Crippen LogP contribution in [0.1, 0.15) is 60.9 Å². The number of aryl methyl sites for hydroxylation is 1. The number of benzene rings is 2. The highest BCUT2D eigenvalue weighted by Gasteiger charge is 2.13. The standard InChI is InChI=1S/C28H32N4O2/c1-3-21(2)22-13-15-23(16-14-22)34-19-9-8-18-32-26-12-5-4-10-24(26)31-27(32)20-30-28(33)25-11-6-7-17-29-25/h4-7,10-17,21H,3,8-9,18-20H2,1-2H3,(H,30,33). The first-order valence-electron chi connectivity index (χ1n) is 12.0. The third-order valence-electron chi connectivity index (χ3n) is 6.14. The quantitative estimate of drug-likeness (QED) is 0.293. The zero-order valence-electron chi connectivity index (χ0n) is 19.9. The van der Waals surface area contributed by atoms with Gasteiger partial charge < -0.3 is 14.6 Å². The van der Waals surface area contributed by atoms with Crippen molar-refractivity contribution in [1.82, 2.24) is 19.9 Å². The Balaban J connectivity index is 1.32. The van der Waals surface area contributed by atoms with Gasteiger partial charge >= 0.3 is 0 Å². The first-order valence-corrected chi connectivity index (χ1v) is 12.0. The minimum Gasteiger partial charge on any atom is -0.494 e. The Bertz CT molecular complexity index is 1200. The van der Waals surface area contributed by atoms with Crippen molar-refractivity contribution in [1.29, 1.82) is 0 Å². The Hall–Kier alpha value is -3.67. The molecule has 2 heterocycles. The van der Waals surface area contributed by atoms with E-state index >= 15 is 0 Å². The Morgan fingerprint density at radius 3 is 2.59 bits per heavy atom. The third kappa shape index (κ3) is 5.81. The molecule has 4 rings (SSSR count). The van der Waals surface area contributed by atoms with Crippen molar-refractivity contribution in [3.63, 3.8) is 0 Å². The van der Waals surface area contributed by atoms with Gasteiger partial charge in [0, 0.05) is 12.7 Å². The molecule has 0 fully saturated rings. The monoisotopic (exact) mass is 456 g/mol. The molecule has 0 aliphatic carbocycles. The van der Waals surface area contributed by atoms with Crippen LogP contribution in [0.3, 0.4) is 0 Å². The van der Waals surface area contributed by atoms with E-state index in [1.54, 1.807) is 24.4 Å². The smallest absolute Gasteiger partial charge is 0.270 e. The van der Waals surface area contributed by atoms with Crippen LogP contribution in [0, 0.1) is 0 Å². The van der Waals surface area contributed by atoms with Gasteiger partial charge in [0.05, 0.1) is 24.2 Å². The predicted molar refractivity (Wildman–Crippen MR) is 135 cm³/mol. The molecule has 1 unspecified atom stereocenters. The predicted octanol–water partition coefficient (Wildman–Crippen LogP) is 5.73. The highest BCUT2D eigenvalue weighted by molar-refractivity contribution is 5.92. The lowest BCUT2D eigenvalue weighted by Crippen LogP contribution is -2.25. The number of ether oxygens (including phenoxy) is 1. The second-order valence-electron chi connectivity index (χ2n) is 8.50. The molecule has 2 aromatic carbocycles. The van der Waals surface area contributed by atoms with Gasteiger partial charge in [0.25, 0.3) is 5.91 Å². The summed E-state index contributed by atoms with van der Waals surface area (Å²) < 4.78 is 8.14. The SMILES string of the molecule is CCC(C)c1ccc(OCCCCn2c(CNC(=O)c3ccccn3)nc3ccccc32)cc1. The molecule has 2 aromatic heterocycles. The average molecular weight is 457 g/mol. The Labute approximate surface area is 201 Å². The number of imidazole rings is 1. The summed E-state index contributed by atoms with van der Waals surface area (Å²) in [5.74, 6) is 2.12. The number of fused-ring (bicyclic) bond motifs is 1. The van der Waals surface area contributed by atoms with Gasteiger partial charge in [0.15, 0.2) is 0 Å². The van der Waals surface area contributed by atoms with Gasteiger partial charge in [-0.15, -0.1) is 0 Å². The third-order valence-corrected chi connectivity index (χ3v) is 6.14. The van der Waals surface area contributed by atoms with Crippen LogP contribution in [0.2, 0.25) is 0 Å². The number of carbonyl (C=O) groups is 1. The Morgan fingerprint density at radius 2 is 1.82 bits per heavy atom. The molecule has 0 aliphatic rings. The van der Waals surface area contributed by atoms with Crippen LogP contribution < -0.4 is 10.1 Å². The second-order valence-corrected chi connectivity index (χ2v) is 8.50. The molecule has 0 aliphatic heterocycles. The molecule has 1 amide bonds. The lowest BCUT2D eigenvalue weighted by atomic mass is 9.99. The molecule has 6 heteroatoms. The fourth-order valence-corrected chi connectivity index (χ4v) is 3.95. The van der Waals surface area contributed by atoms with Crippen molar-refractivity contribution >= 4 is 16.9 Å². The number of nitrogens with zero attached hydrogens (tertiary/aromatic N) is 3. The van der Waals surface area contributed by atoms with E-state index in [9.17, 15) is 4.79 Å². The molecule has 6 nitrogen and oxygen atoms in total. The van der Waals surface area contributed by atoms with E-state index < -0.39 is 0 Å². The van der Waals surface area contributed by atoms with E-state index in [1.165, 1.54) is 5.56 Å².